The van der Waals surface area contributed by atoms with Crippen LogP contribution in [0.25, 0.3) is 0 Å². The number of hydrogen-bond acceptors (Lipinski definition) is 2. The van der Waals surface area contributed by atoms with Crippen LogP contribution in [0, 0.1) is 11.3 Å². The largest absolute Gasteiger partial charge is 0.484 e. The first-order valence-electron chi connectivity index (χ1n) is 3.49. The van der Waals surface area contributed by atoms with Crippen LogP contribution in [0.4, 0.5) is 0 Å². The highest BCUT2D eigenvalue weighted by Gasteiger charge is 2.09. The molecule has 0 rings (SSSR count). The van der Waals surface area contributed by atoms with Gasteiger partial charge in [-0.05, 0) is 12.8 Å². The molecule has 0 saturated heterocycles. The molecule has 0 aliphatic rings. The van der Waals surface area contributed by atoms with E-state index in [0.717, 1.165) is 12.8 Å². The van der Waals surface area contributed by atoms with Gasteiger partial charge < -0.3 is 4.74 Å². The van der Waals surface area contributed by atoms with Gasteiger partial charge in [-0.2, -0.15) is 0 Å². The SMILES string of the molecule is C=CC[C@@H](CC)C(=N)OC.Cl. The van der Waals surface area contributed by atoms with Crippen molar-refractivity contribution in [1.82, 2.24) is 0 Å². The lowest BCUT2D eigenvalue weighted by molar-refractivity contribution is 0.357. The van der Waals surface area contributed by atoms with Crippen LogP contribution in [0.15, 0.2) is 12.7 Å². The number of ether oxygens (including phenoxy) is 1. The van der Waals surface area contributed by atoms with Gasteiger partial charge in [0.25, 0.3) is 0 Å². The van der Waals surface area contributed by atoms with E-state index >= 15 is 0 Å². The van der Waals surface area contributed by atoms with E-state index in [0.29, 0.717) is 5.90 Å². The van der Waals surface area contributed by atoms with Crippen LogP contribution in [0.2, 0.25) is 0 Å². The average Bonchev–Trinajstić information content (AvgIpc) is 1.99. The zero-order valence-electron chi connectivity index (χ0n) is 7.09. The molecular formula is C8H16ClNO. The summed E-state index contributed by atoms with van der Waals surface area (Å²) in [5.41, 5.74) is 0. The van der Waals surface area contributed by atoms with Crippen molar-refractivity contribution in [3.63, 3.8) is 0 Å². The highest BCUT2D eigenvalue weighted by molar-refractivity contribution is 5.85. The van der Waals surface area contributed by atoms with E-state index in [1.807, 2.05) is 13.0 Å². The third-order valence-corrected chi connectivity index (χ3v) is 1.53. The Morgan fingerprint density at radius 3 is 2.55 bits per heavy atom. The van der Waals surface area contributed by atoms with E-state index in [9.17, 15) is 0 Å². The molecule has 0 aliphatic heterocycles. The van der Waals surface area contributed by atoms with Crippen molar-refractivity contribution in [2.24, 2.45) is 5.92 Å². The van der Waals surface area contributed by atoms with Gasteiger partial charge >= 0.3 is 0 Å². The van der Waals surface area contributed by atoms with Crippen molar-refractivity contribution in [1.29, 1.82) is 5.41 Å². The van der Waals surface area contributed by atoms with Crippen LogP contribution in [0.3, 0.4) is 0 Å². The number of methoxy groups -OCH3 is 1. The molecule has 0 heterocycles. The molecule has 0 saturated carbocycles. The lowest BCUT2D eigenvalue weighted by Gasteiger charge is -2.11. The summed E-state index contributed by atoms with van der Waals surface area (Å²) in [6.07, 6.45) is 3.60. The molecule has 0 unspecified atom stereocenters. The van der Waals surface area contributed by atoms with E-state index in [4.69, 9.17) is 10.1 Å². The topological polar surface area (TPSA) is 33.1 Å². The molecule has 0 amide bonds. The van der Waals surface area contributed by atoms with Crippen LogP contribution < -0.4 is 0 Å². The highest BCUT2D eigenvalue weighted by atomic mass is 35.5. The molecule has 3 heteroatoms. The van der Waals surface area contributed by atoms with E-state index in [1.165, 1.54) is 7.11 Å². The second-order valence-electron chi connectivity index (χ2n) is 2.20. The first kappa shape index (κ1) is 13.1. The first-order chi connectivity index (χ1) is 4.76. The Morgan fingerprint density at radius 2 is 2.27 bits per heavy atom. The Hall–Kier alpha value is -0.500. The maximum atomic E-state index is 7.33. The third-order valence-electron chi connectivity index (χ3n) is 1.53. The van der Waals surface area contributed by atoms with Crippen molar-refractivity contribution in [2.45, 2.75) is 19.8 Å². The molecule has 2 nitrogen and oxygen atoms in total. The highest BCUT2D eigenvalue weighted by Crippen LogP contribution is 2.09. The van der Waals surface area contributed by atoms with Crippen molar-refractivity contribution < 1.29 is 4.74 Å². The Labute approximate surface area is 74.6 Å². The van der Waals surface area contributed by atoms with E-state index < -0.39 is 0 Å². The molecule has 0 spiro atoms. The van der Waals surface area contributed by atoms with Gasteiger partial charge in [0.2, 0.25) is 0 Å². The molecule has 0 aromatic heterocycles. The second-order valence-corrected chi connectivity index (χ2v) is 2.20. The van der Waals surface area contributed by atoms with Gasteiger partial charge in [0.05, 0.1) is 7.11 Å². The average molecular weight is 178 g/mol. The second kappa shape index (κ2) is 7.61. The molecule has 0 aromatic rings. The molecular weight excluding hydrogens is 162 g/mol. The summed E-state index contributed by atoms with van der Waals surface area (Å²) in [4.78, 5) is 0. The smallest absolute Gasteiger partial charge is 0.183 e. The van der Waals surface area contributed by atoms with Gasteiger partial charge in [-0.25, -0.2) is 0 Å². The number of allylic oxidation sites excluding steroid dienone is 1. The van der Waals surface area contributed by atoms with Gasteiger partial charge in [0, 0.05) is 5.92 Å². The molecule has 0 bridgehead atoms. The number of halogens is 1. The predicted octanol–water partition coefficient (Wildman–Crippen LogP) is 2.63. The van der Waals surface area contributed by atoms with Crippen LogP contribution in [0.1, 0.15) is 19.8 Å². The Kier molecular flexibility index (Phi) is 9.07. The number of rotatable bonds is 4. The van der Waals surface area contributed by atoms with Gasteiger partial charge in [-0.3, -0.25) is 5.41 Å². The minimum Gasteiger partial charge on any atom is -0.484 e. The van der Waals surface area contributed by atoms with E-state index in [-0.39, 0.29) is 18.3 Å². The molecule has 11 heavy (non-hydrogen) atoms. The van der Waals surface area contributed by atoms with Crippen molar-refractivity contribution in [3.05, 3.63) is 12.7 Å². The maximum absolute atomic E-state index is 7.33. The summed E-state index contributed by atoms with van der Waals surface area (Å²) in [5, 5.41) is 7.33. The molecule has 1 atom stereocenters. The molecule has 66 valence electrons. The summed E-state index contributed by atoms with van der Waals surface area (Å²) < 4.78 is 4.79. The zero-order chi connectivity index (χ0) is 7.98. The monoisotopic (exact) mass is 177 g/mol. The van der Waals surface area contributed by atoms with Crippen molar-refractivity contribution in [2.75, 3.05) is 7.11 Å². The summed E-state index contributed by atoms with van der Waals surface area (Å²) >= 11 is 0. The Balaban J connectivity index is 0. The molecule has 1 N–H and O–H groups in total. The van der Waals surface area contributed by atoms with Gasteiger partial charge in [0.1, 0.15) is 0 Å². The lowest BCUT2D eigenvalue weighted by atomic mass is 10.0. The van der Waals surface area contributed by atoms with Crippen LogP contribution >= 0.6 is 12.4 Å². The number of hydrogen-bond donors (Lipinski definition) is 1. The summed E-state index contributed by atoms with van der Waals surface area (Å²) in [5.74, 6) is 0.588. The normalized spacial score (nSPS) is 11.1. The molecule has 0 fully saturated rings. The molecule has 0 radical (unpaired) electrons. The number of nitrogens with one attached hydrogen (secondary N) is 1. The summed E-state index contributed by atoms with van der Waals surface area (Å²) in [6, 6.07) is 0. The molecule has 0 aliphatic carbocycles. The fraction of sp³-hybridized carbons (Fsp3) is 0.625. The Morgan fingerprint density at radius 1 is 1.73 bits per heavy atom. The fourth-order valence-electron chi connectivity index (χ4n) is 0.827. The zero-order valence-corrected chi connectivity index (χ0v) is 7.91. The Bertz CT molecular complexity index is 125. The summed E-state index contributed by atoms with van der Waals surface area (Å²) in [6.45, 7) is 5.66. The summed E-state index contributed by atoms with van der Waals surface area (Å²) in [7, 11) is 1.54. The van der Waals surface area contributed by atoms with E-state index in [2.05, 4.69) is 6.58 Å². The van der Waals surface area contributed by atoms with Gasteiger partial charge in [-0.15, -0.1) is 19.0 Å². The van der Waals surface area contributed by atoms with Crippen molar-refractivity contribution in [3.8, 4) is 0 Å². The molecule has 0 aromatic carbocycles. The maximum Gasteiger partial charge on any atom is 0.183 e. The fourth-order valence-corrected chi connectivity index (χ4v) is 0.827. The minimum atomic E-state index is 0. The van der Waals surface area contributed by atoms with Gasteiger partial charge in [0.15, 0.2) is 5.90 Å². The minimum absolute atomic E-state index is 0. The standard InChI is InChI=1S/C8H15NO.ClH/c1-4-6-7(5-2)8(9)10-3;/h4,7,9H,1,5-6H2,2-3H3;1H/t7-;/m1./s1. The van der Waals surface area contributed by atoms with Gasteiger partial charge in [-0.1, -0.05) is 13.0 Å². The van der Waals surface area contributed by atoms with Crippen LogP contribution in [-0.4, -0.2) is 13.0 Å². The quantitative estimate of drug-likeness (QED) is 0.400. The van der Waals surface area contributed by atoms with E-state index in [1.54, 1.807) is 0 Å². The predicted molar refractivity (Wildman–Crippen MR) is 50.6 cm³/mol. The first-order valence-corrected chi connectivity index (χ1v) is 3.49. The van der Waals surface area contributed by atoms with Crippen LogP contribution in [0.5, 0.6) is 0 Å². The van der Waals surface area contributed by atoms with Crippen LogP contribution in [-0.2, 0) is 4.74 Å². The lowest BCUT2D eigenvalue weighted by Crippen LogP contribution is -2.13. The third kappa shape index (κ3) is 4.85. The van der Waals surface area contributed by atoms with Crippen molar-refractivity contribution >= 4 is 18.3 Å².